The van der Waals surface area contributed by atoms with E-state index in [0.29, 0.717) is 5.69 Å². The van der Waals surface area contributed by atoms with Crippen molar-refractivity contribution in [3.63, 3.8) is 0 Å². The predicted octanol–water partition coefficient (Wildman–Crippen LogP) is 3.76. The molecule has 8 nitrogen and oxygen atoms in total. The lowest BCUT2D eigenvalue weighted by molar-refractivity contribution is -0.139. The van der Waals surface area contributed by atoms with Gasteiger partial charge in [0.05, 0.1) is 23.6 Å². The number of carbonyl (C=O) groups excluding carboxylic acids is 1. The lowest BCUT2D eigenvalue weighted by Gasteiger charge is -2.14. The highest BCUT2D eigenvalue weighted by molar-refractivity contribution is 5.84. The summed E-state index contributed by atoms with van der Waals surface area (Å²) in [6.07, 6.45) is 3.20. The predicted molar refractivity (Wildman–Crippen MR) is 103 cm³/mol. The van der Waals surface area contributed by atoms with Crippen LogP contribution in [0.5, 0.6) is 5.75 Å². The van der Waals surface area contributed by atoms with Gasteiger partial charge >= 0.3 is 12.1 Å². The molecule has 3 rings (SSSR count). The largest absolute Gasteiger partial charge is 0.491 e. The number of aromatic nitrogens is 5. The Balaban J connectivity index is 1.73. The number of rotatable bonds is 7. The van der Waals surface area contributed by atoms with Crippen molar-refractivity contribution in [2.24, 2.45) is 0 Å². The van der Waals surface area contributed by atoms with Crippen molar-refractivity contribution in [2.75, 3.05) is 0 Å². The van der Waals surface area contributed by atoms with E-state index in [1.807, 2.05) is 0 Å². The summed E-state index contributed by atoms with van der Waals surface area (Å²) in [5.41, 5.74) is -0.265. The molecule has 0 N–H and O–H groups in total. The maximum absolute atomic E-state index is 13.2. The minimum Gasteiger partial charge on any atom is -0.491 e. The van der Waals surface area contributed by atoms with Crippen LogP contribution >= 0.6 is 0 Å². The Morgan fingerprint density at radius 1 is 1.19 bits per heavy atom. The molecular formula is C20H18F3N5O3. The van der Waals surface area contributed by atoms with Crippen LogP contribution in [0.4, 0.5) is 13.2 Å². The SMILES string of the molecule is CC(C)Oc1cc(-c2ncn(/C=C\C(=O)OCc3cnccn3)n2)cc(C(F)(F)F)c1. The van der Waals surface area contributed by atoms with Crippen LogP contribution in [-0.2, 0) is 22.3 Å². The molecule has 0 unspecified atom stereocenters. The highest BCUT2D eigenvalue weighted by atomic mass is 19.4. The van der Waals surface area contributed by atoms with E-state index < -0.39 is 17.7 Å². The summed E-state index contributed by atoms with van der Waals surface area (Å²) in [6.45, 7) is 3.37. The van der Waals surface area contributed by atoms with Crippen molar-refractivity contribution < 1.29 is 27.4 Å². The van der Waals surface area contributed by atoms with E-state index in [9.17, 15) is 18.0 Å². The molecule has 0 aliphatic heterocycles. The fourth-order valence-electron chi connectivity index (χ4n) is 2.45. The van der Waals surface area contributed by atoms with E-state index in [4.69, 9.17) is 9.47 Å². The second-order valence-corrected chi connectivity index (χ2v) is 6.58. The molecule has 31 heavy (non-hydrogen) atoms. The van der Waals surface area contributed by atoms with Gasteiger partial charge in [-0.2, -0.15) is 13.2 Å². The Morgan fingerprint density at radius 3 is 2.68 bits per heavy atom. The summed E-state index contributed by atoms with van der Waals surface area (Å²) in [6, 6.07) is 3.28. The first-order valence-corrected chi connectivity index (χ1v) is 9.11. The summed E-state index contributed by atoms with van der Waals surface area (Å²) in [4.78, 5) is 23.6. The van der Waals surface area contributed by atoms with Crippen LogP contribution < -0.4 is 4.74 Å². The van der Waals surface area contributed by atoms with Gasteiger partial charge in [0, 0.05) is 30.2 Å². The van der Waals surface area contributed by atoms with Gasteiger partial charge < -0.3 is 9.47 Å². The van der Waals surface area contributed by atoms with Crippen LogP contribution in [-0.4, -0.2) is 36.8 Å². The maximum Gasteiger partial charge on any atom is 0.416 e. The number of alkyl halides is 3. The minimum absolute atomic E-state index is 0.0392. The van der Waals surface area contributed by atoms with Crippen LogP contribution in [0.2, 0.25) is 0 Å². The van der Waals surface area contributed by atoms with Gasteiger partial charge in [-0.25, -0.2) is 14.5 Å². The molecule has 0 aliphatic carbocycles. The summed E-state index contributed by atoms with van der Waals surface area (Å²) in [5.74, 6) is -0.564. The Morgan fingerprint density at radius 2 is 2.00 bits per heavy atom. The summed E-state index contributed by atoms with van der Waals surface area (Å²) >= 11 is 0. The molecule has 162 valence electrons. The lowest BCUT2D eigenvalue weighted by Crippen LogP contribution is -2.09. The first-order valence-electron chi connectivity index (χ1n) is 9.11. The van der Waals surface area contributed by atoms with E-state index >= 15 is 0 Å². The number of nitrogens with zero attached hydrogens (tertiary/aromatic N) is 5. The molecule has 0 bridgehead atoms. The van der Waals surface area contributed by atoms with Crippen LogP contribution in [0, 0.1) is 0 Å². The van der Waals surface area contributed by atoms with Crippen LogP contribution in [0.3, 0.4) is 0 Å². The molecule has 3 aromatic rings. The fraction of sp³-hybridized carbons (Fsp3) is 0.250. The second-order valence-electron chi connectivity index (χ2n) is 6.58. The van der Waals surface area contributed by atoms with Crippen molar-refractivity contribution in [3.05, 3.63) is 60.5 Å². The zero-order valence-electron chi connectivity index (χ0n) is 16.6. The number of carbonyl (C=O) groups is 1. The molecule has 0 fully saturated rings. The molecule has 0 aliphatic rings. The van der Waals surface area contributed by atoms with Gasteiger partial charge in [-0.05, 0) is 32.0 Å². The zero-order valence-corrected chi connectivity index (χ0v) is 16.6. The van der Waals surface area contributed by atoms with Crippen LogP contribution in [0.15, 0.2) is 49.2 Å². The van der Waals surface area contributed by atoms with Crippen molar-refractivity contribution in [1.29, 1.82) is 0 Å². The van der Waals surface area contributed by atoms with Gasteiger partial charge in [-0.1, -0.05) is 0 Å². The molecule has 0 saturated heterocycles. The van der Waals surface area contributed by atoms with Crippen LogP contribution in [0.25, 0.3) is 17.6 Å². The smallest absolute Gasteiger partial charge is 0.416 e. The molecule has 0 saturated carbocycles. The number of hydrogen-bond donors (Lipinski definition) is 0. The molecule has 11 heteroatoms. The Kier molecular flexibility index (Phi) is 6.63. The average molecular weight is 433 g/mol. The van der Waals surface area contributed by atoms with Crippen molar-refractivity contribution in [2.45, 2.75) is 32.7 Å². The third-order valence-corrected chi connectivity index (χ3v) is 3.71. The topological polar surface area (TPSA) is 92.0 Å². The number of esters is 1. The van der Waals surface area contributed by atoms with Crippen molar-refractivity contribution >= 4 is 12.2 Å². The quantitative estimate of drug-likeness (QED) is 0.414. The number of ether oxygens (including phenoxy) is 2. The zero-order chi connectivity index (χ0) is 22.4. The Labute approximate surface area is 175 Å². The summed E-state index contributed by atoms with van der Waals surface area (Å²) in [7, 11) is 0. The van der Waals surface area contributed by atoms with E-state index in [-0.39, 0.29) is 29.8 Å². The highest BCUT2D eigenvalue weighted by Gasteiger charge is 2.32. The van der Waals surface area contributed by atoms with E-state index in [0.717, 1.165) is 18.2 Å². The molecule has 2 heterocycles. The summed E-state index contributed by atoms with van der Waals surface area (Å²) in [5, 5.41) is 4.08. The molecule has 0 amide bonds. The molecule has 1 aromatic carbocycles. The van der Waals surface area contributed by atoms with Crippen molar-refractivity contribution in [3.8, 4) is 17.1 Å². The molecular weight excluding hydrogens is 415 g/mol. The number of hydrogen-bond acceptors (Lipinski definition) is 7. The van der Waals surface area contributed by atoms with Gasteiger partial charge in [0.25, 0.3) is 0 Å². The van der Waals surface area contributed by atoms with Gasteiger partial charge in [-0.3, -0.25) is 9.97 Å². The molecule has 0 atom stereocenters. The highest BCUT2D eigenvalue weighted by Crippen LogP contribution is 2.35. The average Bonchev–Trinajstić information content (AvgIpc) is 3.19. The third kappa shape index (κ3) is 6.36. The van der Waals surface area contributed by atoms with Gasteiger partial charge in [0.2, 0.25) is 0 Å². The minimum atomic E-state index is -4.56. The normalized spacial score (nSPS) is 11.8. The standard InChI is InChI=1S/C20H18F3N5O3/c1-13(2)31-17-8-14(7-15(9-17)20(21,22)23)19-26-12-28(27-19)6-3-18(29)30-11-16-10-24-4-5-25-16/h3-10,12-13H,11H2,1-2H3/b6-3-. The van der Waals surface area contributed by atoms with E-state index in [1.54, 1.807) is 13.8 Å². The second kappa shape index (κ2) is 9.37. The monoisotopic (exact) mass is 433 g/mol. The first kappa shape index (κ1) is 21.9. The lowest BCUT2D eigenvalue weighted by atomic mass is 10.1. The fourth-order valence-corrected chi connectivity index (χ4v) is 2.45. The Bertz CT molecular complexity index is 1070. The maximum atomic E-state index is 13.2. The molecule has 0 spiro atoms. The van der Waals surface area contributed by atoms with Gasteiger partial charge in [-0.15, -0.1) is 5.10 Å². The van der Waals surface area contributed by atoms with E-state index in [2.05, 4.69) is 20.1 Å². The number of benzene rings is 1. The summed E-state index contributed by atoms with van der Waals surface area (Å²) < 4.78 is 51.3. The number of halogens is 3. The first-order chi connectivity index (χ1) is 14.7. The van der Waals surface area contributed by atoms with Gasteiger partial charge in [0.1, 0.15) is 18.7 Å². The third-order valence-electron chi connectivity index (χ3n) is 3.71. The van der Waals surface area contributed by atoms with E-state index in [1.165, 1.54) is 41.9 Å². The van der Waals surface area contributed by atoms with Crippen molar-refractivity contribution in [1.82, 2.24) is 24.7 Å². The van der Waals surface area contributed by atoms with Crippen LogP contribution in [0.1, 0.15) is 25.1 Å². The van der Waals surface area contributed by atoms with Gasteiger partial charge in [0.15, 0.2) is 5.82 Å². The molecule has 0 radical (unpaired) electrons. The molecule has 2 aromatic heterocycles. The Hall–Kier alpha value is -3.76.